The average Bonchev–Trinajstić information content (AvgIpc) is 2.56. The first-order chi connectivity index (χ1) is 6.27. The SMILES string of the molecule is Brc1ccc(-c2ncon2)c(I)c1. The molecule has 0 atom stereocenters. The zero-order valence-electron chi connectivity index (χ0n) is 6.37. The number of hydrogen-bond donors (Lipinski definition) is 0. The molecule has 0 aliphatic carbocycles. The lowest BCUT2D eigenvalue weighted by Gasteiger charge is -1.98. The Morgan fingerprint density at radius 1 is 1.38 bits per heavy atom. The molecular weight excluding hydrogens is 347 g/mol. The number of benzene rings is 1. The average molecular weight is 351 g/mol. The van der Waals surface area contributed by atoms with Crippen molar-refractivity contribution in [1.82, 2.24) is 10.1 Å². The van der Waals surface area contributed by atoms with Crippen molar-refractivity contribution < 1.29 is 4.52 Å². The van der Waals surface area contributed by atoms with Crippen LogP contribution in [0.3, 0.4) is 0 Å². The molecular formula is C8H4BrIN2O. The molecule has 0 aliphatic heterocycles. The first-order valence-electron chi connectivity index (χ1n) is 3.49. The minimum absolute atomic E-state index is 0.622. The minimum Gasteiger partial charge on any atom is -0.342 e. The molecule has 0 spiro atoms. The van der Waals surface area contributed by atoms with E-state index in [-0.39, 0.29) is 0 Å². The Labute approximate surface area is 96.8 Å². The number of halogens is 2. The second kappa shape index (κ2) is 3.75. The maximum atomic E-state index is 4.68. The van der Waals surface area contributed by atoms with Crippen LogP contribution in [0.25, 0.3) is 11.4 Å². The largest absolute Gasteiger partial charge is 0.342 e. The summed E-state index contributed by atoms with van der Waals surface area (Å²) in [5, 5.41) is 3.77. The highest BCUT2D eigenvalue weighted by atomic mass is 127. The Morgan fingerprint density at radius 3 is 2.85 bits per heavy atom. The highest BCUT2D eigenvalue weighted by molar-refractivity contribution is 14.1. The smallest absolute Gasteiger partial charge is 0.214 e. The van der Waals surface area contributed by atoms with E-state index in [0.29, 0.717) is 5.82 Å². The molecule has 0 bridgehead atoms. The van der Waals surface area contributed by atoms with Gasteiger partial charge in [-0.1, -0.05) is 21.1 Å². The van der Waals surface area contributed by atoms with Crippen molar-refractivity contribution in [2.24, 2.45) is 0 Å². The monoisotopic (exact) mass is 350 g/mol. The van der Waals surface area contributed by atoms with Gasteiger partial charge < -0.3 is 4.52 Å². The molecule has 5 heteroatoms. The zero-order chi connectivity index (χ0) is 9.26. The molecule has 0 saturated carbocycles. The molecule has 1 aromatic heterocycles. The fourth-order valence-corrected chi connectivity index (χ4v) is 2.51. The number of rotatable bonds is 1. The Bertz CT molecular complexity index is 416. The predicted octanol–water partition coefficient (Wildman–Crippen LogP) is 3.10. The van der Waals surface area contributed by atoms with Crippen LogP contribution in [-0.4, -0.2) is 10.1 Å². The van der Waals surface area contributed by atoms with E-state index >= 15 is 0 Å². The summed E-state index contributed by atoms with van der Waals surface area (Å²) in [6.07, 6.45) is 1.33. The third-order valence-corrected chi connectivity index (χ3v) is 2.92. The summed E-state index contributed by atoms with van der Waals surface area (Å²) in [4.78, 5) is 3.98. The van der Waals surface area contributed by atoms with Gasteiger partial charge in [0.15, 0.2) is 0 Å². The standard InChI is InChI=1S/C8H4BrIN2O/c9-5-1-2-6(7(10)3-5)8-11-4-13-12-8/h1-4H. The van der Waals surface area contributed by atoms with Crippen LogP contribution in [-0.2, 0) is 0 Å². The van der Waals surface area contributed by atoms with Gasteiger partial charge in [-0.3, -0.25) is 0 Å². The summed E-state index contributed by atoms with van der Waals surface area (Å²) in [7, 11) is 0. The van der Waals surface area contributed by atoms with Crippen LogP contribution in [0.5, 0.6) is 0 Å². The van der Waals surface area contributed by atoms with Crippen molar-refractivity contribution >= 4 is 38.5 Å². The third-order valence-electron chi connectivity index (χ3n) is 1.53. The van der Waals surface area contributed by atoms with Gasteiger partial charge in [0, 0.05) is 13.6 Å². The van der Waals surface area contributed by atoms with Gasteiger partial charge in [-0.05, 0) is 40.8 Å². The molecule has 1 aromatic carbocycles. The van der Waals surface area contributed by atoms with Gasteiger partial charge in [-0.2, -0.15) is 4.98 Å². The van der Waals surface area contributed by atoms with Crippen LogP contribution >= 0.6 is 38.5 Å². The van der Waals surface area contributed by atoms with Crippen molar-refractivity contribution in [1.29, 1.82) is 0 Å². The van der Waals surface area contributed by atoms with Crippen LogP contribution in [0.2, 0.25) is 0 Å². The van der Waals surface area contributed by atoms with Crippen molar-refractivity contribution in [2.75, 3.05) is 0 Å². The van der Waals surface area contributed by atoms with Gasteiger partial charge in [0.1, 0.15) is 0 Å². The lowest BCUT2D eigenvalue weighted by molar-refractivity contribution is 0.418. The molecule has 2 aromatic rings. The topological polar surface area (TPSA) is 38.9 Å². The van der Waals surface area contributed by atoms with E-state index in [0.717, 1.165) is 13.6 Å². The van der Waals surface area contributed by atoms with Gasteiger partial charge in [0.2, 0.25) is 12.2 Å². The van der Waals surface area contributed by atoms with Crippen molar-refractivity contribution in [3.8, 4) is 11.4 Å². The lowest BCUT2D eigenvalue weighted by atomic mass is 10.2. The van der Waals surface area contributed by atoms with E-state index < -0.39 is 0 Å². The molecule has 0 N–H and O–H groups in total. The molecule has 0 aliphatic rings. The Balaban J connectivity index is 2.53. The molecule has 13 heavy (non-hydrogen) atoms. The van der Waals surface area contributed by atoms with E-state index in [4.69, 9.17) is 0 Å². The molecule has 2 rings (SSSR count). The quantitative estimate of drug-likeness (QED) is 0.742. The second-order valence-electron chi connectivity index (χ2n) is 2.38. The van der Waals surface area contributed by atoms with Crippen molar-refractivity contribution in [3.05, 3.63) is 32.6 Å². The van der Waals surface area contributed by atoms with E-state index in [2.05, 4.69) is 53.2 Å². The predicted molar refractivity (Wildman–Crippen MR) is 60.2 cm³/mol. The summed E-state index contributed by atoms with van der Waals surface area (Å²) in [6, 6.07) is 5.91. The molecule has 0 unspecified atom stereocenters. The van der Waals surface area contributed by atoms with Gasteiger partial charge in [0.25, 0.3) is 0 Å². The van der Waals surface area contributed by atoms with Crippen LogP contribution < -0.4 is 0 Å². The molecule has 0 fully saturated rings. The summed E-state index contributed by atoms with van der Waals surface area (Å²) >= 11 is 5.63. The Kier molecular flexibility index (Phi) is 2.63. The zero-order valence-corrected chi connectivity index (χ0v) is 10.1. The molecule has 66 valence electrons. The Morgan fingerprint density at radius 2 is 2.23 bits per heavy atom. The number of aromatic nitrogens is 2. The fourth-order valence-electron chi connectivity index (χ4n) is 0.960. The van der Waals surface area contributed by atoms with Crippen LogP contribution in [0.4, 0.5) is 0 Å². The van der Waals surface area contributed by atoms with E-state index in [1.165, 1.54) is 6.39 Å². The third kappa shape index (κ3) is 1.91. The van der Waals surface area contributed by atoms with Gasteiger partial charge >= 0.3 is 0 Å². The van der Waals surface area contributed by atoms with Crippen LogP contribution in [0.15, 0.2) is 33.6 Å². The highest BCUT2D eigenvalue weighted by Crippen LogP contribution is 2.25. The number of hydrogen-bond acceptors (Lipinski definition) is 3. The highest BCUT2D eigenvalue weighted by Gasteiger charge is 2.06. The minimum atomic E-state index is 0.622. The van der Waals surface area contributed by atoms with Crippen LogP contribution in [0, 0.1) is 3.57 Å². The molecule has 0 saturated heterocycles. The maximum absolute atomic E-state index is 4.68. The molecule has 1 heterocycles. The lowest BCUT2D eigenvalue weighted by Crippen LogP contribution is -1.84. The molecule has 0 radical (unpaired) electrons. The Hall–Kier alpha value is -0.430. The normalized spacial score (nSPS) is 10.3. The van der Waals surface area contributed by atoms with E-state index in [1.807, 2.05) is 18.2 Å². The van der Waals surface area contributed by atoms with Gasteiger partial charge in [-0.15, -0.1) is 0 Å². The van der Waals surface area contributed by atoms with E-state index in [9.17, 15) is 0 Å². The first-order valence-corrected chi connectivity index (χ1v) is 5.36. The number of nitrogens with zero attached hydrogens (tertiary/aromatic N) is 2. The van der Waals surface area contributed by atoms with E-state index in [1.54, 1.807) is 0 Å². The van der Waals surface area contributed by atoms with Crippen molar-refractivity contribution in [2.45, 2.75) is 0 Å². The van der Waals surface area contributed by atoms with Crippen molar-refractivity contribution in [3.63, 3.8) is 0 Å². The van der Waals surface area contributed by atoms with Crippen LogP contribution in [0.1, 0.15) is 0 Å². The summed E-state index contributed by atoms with van der Waals surface area (Å²) in [6.45, 7) is 0. The summed E-state index contributed by atoms with van der Waals surface area (Å²) in [5.74, 6) is 0.622. The molecule has 3 nitrogen and oxygen atoms in total. The summed E-state index contributed by atoms with van der Waals surface area (Å²) in [5.41, 5.74) is 0.984. The van der Waals surface area contributed by atoms with Gasteiger partial charge in [-0.25, -0.2) is 0 Å². The summed E-state index contributed by atoms with van der Waals surface area (Å²) < 4.78 is 6.81. The van der Waals surface area contributed by atoms with Gasteiger partial charge in [0.05, 0.1) is 0 Å². The maximum Gasteiger partial charge on any atom is 0.214 e. The molecule has 0 amide bonds. The second-order valence-corrected chi connectivity index (χ2v) is 4.46. The fraction of sp³-hybridized carbons (Fsp3) is 0. The first kappa shape index (κ1) is 9.14.